The van der Waals surface area contributed by atoms with E-state index >= 15 is 0 Å². The SMILES string of the molecule is C=C(NCc1cnc(C)cn1)C1=C2Sc3ccccc3N2C2=N/CCCN(C)CCN/C=C/C=C\2C1=C. The molecular formula is C29H33N7S. The number of anilines is 1. The molecule has 1 aromatic heterocycles. The molecule has 0 spiro atoms. The van der Waals surface area contributed by atoms with Crippen LogP contribution in [0.3, 0.4) is 0 Å². The van der Waals surface area contributed by atoms with Gasteiger partial charge in [0.05, 0.1) is 34.8 Å². The van der Waals surface area contributed by atoms with Crippen LogP contribution in [0.25, 0.3) is 0 Å². The van der Waals surface area contributed by atoms with Gasteiger partial charge in [-0.15, -0.1) is 0 Å². The van der Waals surface area contributed by atoms with Gasteiger partial charge in [-0.1, -0.05) is 37.1 Å². The number of hydrogen-bond acceptors (Lipinski definition) is 8. The number of allylic oxidation sites excluding steroid dienone is 3. The van der Waals surface area contributed by atoms with E-state index in [4.69, 9.17) is 4.99 Å². The van der Waals surface area contributed by atoms with Gasteiger partial charge in [0.15, 0.2) is 0 Å². The molecule has 0 saturated carbocycles. The van der Waals surface area contributed by atoms with Crippen LogP contribution in [0, 0.1) is 6.92 Å². The van der Waals surface area contributed by atoms with E-state index in [2.05, 4.69) is 80.9 Å². The zero-order valence-corrected chi connectivity index (χ0v) is 22.3. The van der Waals surface area contributed by atoms with Gasteiger partial charge in [0.2, 0.25) is 0 Å². The molecule has 7 nitrogen and oxygen atoms in total. The number of rotatable bonds is 4. The molecule has 37 heavy (non-hydrogen) atoms. The zero-order chi connectivity index (χ0) is 25.8. The molecule has 0 saturated heterocycles. The van der Waals surface area contributed by atoms with Gasteiger partial charge in [0.1, 0.15) is 5.84 Å². The number of nitrogens with zero attached hydrogens (tertiary/aromatic N) is 5. The summed E-state index contributed by atoms with van der Waals surface area (Å²) >= 11 is 1.74. The lowest BCUT2D eigenvalue weighted by Crippen LogP contribution is -2.36. The van der Waals surface area contributed by atoms with Gasteiger partial charge in [-0.3, -0.25) is 19.9 Å². The number of aryl methyl sites for hydroxylation is 1. The Labute approximate surface area is 223 Å². The zero-order valence-electron chi connectivity index (χ0n) is 21.5. The largest absolute Gasteiger partial charge is 0.390 e. The fourth-order valence-corrected chi connectivity index (χ4v) is 5.75. The summed E-state index contributed by atoms with van der Waals surface area (Å²) in [4.78, 5) is 19.8. The van der Waals surface area contributed by atoms with Gasteiger partial charge in [0, 0.05) is 47.6 Å². The van der Waals surface area contributed by atoms with Crippen LogP contribution >= 0.6 is 11.8 Å². The highest BCUT2D eigenvalue weighted by molar-refractivity contribution is 8.03. The Hall–Kier alpha value is -3.62. The number of hydrogen-bond donors (Lipinski definition) is 2. The van der Waals surface area contributed by atoms with E-state index in [0.717, 1.165) is 83.0 Å². The average molecular weight is 512 g/mol. The first-order valence-corrected chi connectivity index (χ1v) is 13.4. The molecule has 2 N–H and O–H groups in total. The van der Waals surface area contributed by atoms with Crippen LogP contribution in [0.1, 0.15) is 17.8 Å². The molecule has 1 aromatic carbocycles. The monoisotopic (exact) mass is 511 g/mol. The average Bonchev–Trinajstić information content (AvgIpc) is 3.28. The summed E-state index contributed by atoms with van der Waals surface area (Å²) < 4.78 is 0. The van der Waals surface area contributed by atoms with Crippen molar-refractivity contribution in [3.63, 3.8) is 0 Å². The van der Waals surface area contributed by atoms with Crippen molar-refractivity contribution in [2.45, 2.75) is 24.8 Å². The third-order valence-corrected chi connectivity index (χ3v) is 7.65. The van der Waals surface area contributed by atoms with Crippen molar-refractivity contribution in [2.75, 3.05) is 38.1 Å². The van der Waals surface area contributed by atoms with Gasteiger partial charge >= 0.3 is 0 Å². The van der Waals surface area contributed by atoms with E-state index in [0.29, 0.717) is 6.54 Å². The van der Waals surface area contributed by atoms with Gasteiger partial charge in [-0.2, -0.15) is 0 Å². The fourth-order valence-electron chi connectivity index (χ4n) is 4.51. The third-order valence-electron chi connectivity index (χ3n) is 6.50. The molecule has 0 aliphatic carbocycles. The Kier molecular flexibility index (Phi) is 7.58. The second kappa shape index (κ2) is 11.2. The van der Waals surface area contributed by atoms with Crippen LogP contribution in [0.5, 0.6) is 0 Å². The van der Waals surface area contributed by atoms with Crippen molar-refractivity contribution in [3.8, 4) is 0 Å². The summed E-state index contributed by atoms with van der Waals surface area (Å²) in [6, 6.07) is 8.48. The van der Waals surface area contributed by atoms with Crippen LogP contribution in [-0.2, 0) is 6.54 Å². The number of amidine groups is 1. The maximum absolute atomic E-state index is 5.15. The maximum Gasteiger partial charge on any atom is 0.141 e. The molecule has 5 rings (SSSR count). The molecule has 4 heterocycles. The molecule has 2 aromatic rings. The Morgan fingerprint density at radius 1 is 1.19 bits per heavy atom. The van der Waals surface area contributed by atoms with Crippen LogP contribution in [0.2, 0.25) is 0 Å². The molecule has 3 aliphatic heterocycles. The Balaban J connectivity index is 1.55. The molecule has 3 aliphatic rings. The molecule has 190 valence electrons. The Morgan fingerprint density at radius 3 is 2.89 bits per heavy atom. The van der Waals surface area contributed by atoms with Crippen molar-refractivity contribution in [3.05, 3.63) is 107 Å². The van der Waals surface area contributed by atoms with E-state index in [1.54, 1.807) is 24.2 Å². The Morgan fingerprint density at radius 2 is 2.05 bits per heavy atom. The smallest absolute Gasteiger partial charge is 0.141 e. The van der Waals surface area contributed by atoms with Crippen molar-refractivity contribution >= 4 is 23.3 Å². The highest BCUT2D eigenvalue weighted by atomic mass is 32.2. The first-order valence-electron chi connectivity index (χ1n) is 12.6. The van der Waals surface area contributed by atoms with Crippen molar-refractivity contribution in [2.24, 2.45) is 4.99 Å². The summed E-state index contributed by atoms with van der Waals surface area (Å²) in [7, 11) is 2.16. The normalized spacial score (nSPS) is 22.0. The fraction of sp³-hybridized carbons (Fsp3) is 0.276. The predicted molar refractivity (Wildman–Crippen MR) is 153 cm³/mol. The number of nitrogens with one attached hydrogen (secondary N) is 2. The highest BCUT2D eigenvalue weighted by Gasteiger charge is 2.39. The number of likely N-dealkylation sites (N-methyl/N-ethyl adjacent to an activating group) is 1. The molecule has 0 unspecified atom stereocenters. The predicted octanol–water partition coefficient (Wildman–Crippen LogP) is 4.55. The number of thioether (sulfide) groups is 1. The number of aliphatic imine (C=N–C) groups is 1. The molecular weight excluding hydrogens is 478 g/mol. The van der Waals surface area contributed by atoms with E-state index in [1.165, 1.54) is 4.90 Å². The lowest BCUT2D eigenvalue weighted by atomic mass is 9.92. The summed E-state index contributed by atoms with van der Waals surface area (Å²) in [5, 5.41) is 7.95. The van der Waals surface area contributed by atoms with Gasteiger partial charge in [-0.05, 0) is 63.0 Å². The first kappa shape index (κ1) is 25.0. The molecule has 0 bridgehead atoms. The Bertz CT molecular complexity index is 1320. The number of para-hydroxylation sites is 1. The van der Waals surface area contributed by atoms with Crippen molar-refractivity contribution in [1.29, 1.82) is 0 Å². The maximum atomic E-state index is 5.15. The standard InChI is InChI=1S/C29H33N7S/c1-20-17-34-23(18-32-20)19-33-22(3)27-21(2)24-9-7-12-30-14-16-35(4)15-8-13-31-28(24)36-25-10-5-6-11-26(25)37-29(27)36/h5-7,9-12,17-18,30,33H,2-3,8,13-16,19H2,1,4H3/b12-7+,24-9-,31-28+. The number of fused-ring (bicyclic) bond motifs is 5. The highest BCUT2D eigenvalue weighted by Crippen LogP contribution is 2.52. The van der Waals surface area contributed by atoms with E-state index < -0.39 is 0 Å². The summed E-state index contributed by atoms with van der Waals surface area (Å²) in [5.74, 6) is 0.935. The number of benzene rings is 1. The van der Waals surface area contributed by atoms with E-state index in [9.17, 15) is 0 Å². The summed E-state index contributed by atoms with van der Waals surface area (Å²) in [5.41, 5.74) is 6.61. The molecule has 0 fully saturated rings. The van der Waals surface area contributed by atoms with Gasteiger partial charge in [0.25, 0.3) is 0 Å². The second-order valence-electron chi connectivity index (χ2n) is 9.30. The van der Waals surface area contributed by atoms with Crippen LogP contribution in [0.4, 0.5) is 5.69 Å². The van der Waals surface area contributed by atoms with Gasteiger partial charge in [-0.25, -0.2) is 0 Å². The minimum Gasteiger partial charge on any atom is -0.390 e. The first-order chi connectivity index (χ1) is 18.0. The lowest BCUT2D eigenvalue weighted by Gasteiger charge is -2.34. The van der Waals surface area contributed by atoms with Crippen molar-refractivity contribution < 1.29 is 0 Å². The van der Waals surface area contributed by atoms with Crippen LogP contribution < -0.4 is 15.5 Å². The lowest BCUT2D eigenvalue weighted by molar-refractivity contribution is 0.334. The molecule has 8 heteroatoms. The molecule has 0 amide bonds. The van der Waals surface area contributed by atoms with Crippen LogP contribution in [0.15, 0.2) is 106 Å². The molecule has 0 radical (unpaired) electrons. The third kappa shape index (κ3) is 5.40. The second-order valence-corrected chi connectivity index (χ2v) is 10.3. The summed E-state index contributed by atoms with van der Waals surface area (Å²) in [6.07, 6.45) is 10.7. The molecule has 0 atom stereocenters. The quantitative estimate of drug-likeness (QED) is 0.624. The number of aromatic nitrogens is 2. The topological polar surface area (TPSA) is 68.7 Å². The summed E-state index contributed by atoms with van der Waals surface area (Å²) in [6.45, 7) is 15.1. The van der Waals surface area contributed by atoms with Crippen LogP contribution in [-0.4, -0.2) is 53.9 Å². The van der Waals surface area contributed by atoms with E-state index in [1.807, 2.05) is 19.2 Å². The van der Waals surface area contributed by atoms with Gasteiger partial charge < -0.3 is 15.5 Å². The minimum absolute atomic E-state index is 0.533. The van der Waals surface area contributed by atoms with E-state index in [-0.39, 0.29) is 0 Å². The van der Waals surface area contributed by atoms with Crippen molar-refractivity contribution in [1.82, 2.24) is 25.5 Å². The minimum atomic E-state index is 0.533.